The second-order valence-electron chi connectivity index (χ2n) is 4.27. The fourth-order valence-electron chi connectivity index (χ4n) is 1.40. The molecule has 2 atom stereocenters. The lowest BCUT2D eigenvalue weighted by atomic mass is 10.1. The third-order valence-electron chi connectivity index (χ3n) is 2.40. The van der Waals surface area contributed by atoms with Crippen molar-refractivity contribution in [2.24, 2.45) is 0 Å². The lowest BCUT2D eigenvalue weighted by Crippen LogP contribution is -2.60. The minimum absolute atomic E-state index is 0.153. The molecule has 2 unspecified atom stereocenters. The van der Waals surface area contributed by atoms with Crippen LogP contribution in [0.2, 0.25) is 0 Å². The highest BCUT2D eigenvalue weighted by Crippen LogP contribution is 2.47. The van der Waals surface area contributed by atoms with Crippen LogP contribution in [0.3, 0.4) is 0 Å². The van der Waals surface area contributed by atoms with E-state index in [2.05, 4.69) is 4.74 Å². The zero-order chi connectivity index (χ0) is 17.3. The van der Waals surface area contributed by atoms with Crippen LogP contribution in [-0.4, -0.2) is 42.5 Å². The first-order valence-corrected chi connectivity index (χ1v) is 6.97. The number of hydrogen-bond acceptors (Lipinski definition) is 3. The van der Waals surface area contributed by atoms with E-state index < -0.39 is 39.7 Å². The summed E-state index contributed by atoms with van der Waals surface area (Å²) in [6, 6.07) is 0. The van der Waals surface area contributed by atoms with Crippen LogP contribution < -0.4 is 0 Å². The second-order valence-corrected chi connectivity index (χ2v) is 5.73. The molecule has 0 radical (unpaired) electrons. The summed E-state index contributed by atoms with van der Waals surface area (Å²) in [5.74, 6) is -6.21. The van der Waals surface area contributed by atoms with Crippen molar-refractivity contribution in [3.63, 3.8) is 0 Å². The van der Waals surface area contributed by atoms with E-state index in [0.717, 1.165) is 6.92 Å². The molecule has 0 aromatic carbocycles. The van der Waals surface area contributed by atoms with Crippen molar-refractivity contribution < 1.29 is 48.4 Å². The normalized spacial score (nSPS) is 17.6. The average molecular weight is 350 g/mol. The van der Waals surface area contributed by atoms with Gasteiger partial charge in [0.1, 0.15) is 0 Å². The topological polar surface area (TPSA) is 63.6 Å². The van der Waals surface area contributed by atoms with Gasteiger partial charge in [-0.25, -0.2) is 0 Å². The van der Waals surface area contributed by atoms with Crippen molar-refractivity contribution in [1.29, 1.82) is 0 Å². The van der Waals surface area contributed by atoms with E-state index in [9.17, 15) is 39.2 Å². The Kier molecular flexibility index (Phi) is 6.06. The van der Waals surface area contributed by atoms with Crippen molar-refractivity contribution in [2.75, 3.05) is 0 Å². The van der Waals surface area contributed by atoms with Crippen LogP contribution in [-0.2, 0) is 14.9 Å². The third-order valence-corrected chi connectivity index (χ3v) is 3.32. The highest BCUT2D eigenvalue weighted by Gasteiger charge is 2.75. The molecule has 0 amide bonds. The molecule has 0 heterocycles. The molecule has 0 aliphatic rings. The van der Waals surface area contributed by atoms with Gasteiger partial charge in [-0.3, -0.25) is 4.55 Å². The molecular weight excluding hydrogens is 337 g/mol. The summed E-state index contributed by atoms with van der Waals surface area (Å²) in [5, 5.41) is -6.36. The molecule has 0 aromatic heterocycles. The van der Waals surface area contributed by atoms with Crippen LogP contribution in [0, 0.1) is 0 Å². The Morgan fingerprint density at radius 2 is 1.52 bits per heavy atom. The predicted molar refractivity (Wildman–Crippen MR) is 56.7 cm³/mol. The van der Waals surface area contributed by atoms with Gasteiger partial charge in [0.05, 0.1) is 6.10 Å². The summed E-state index contributed by atoms with van der Waals surface area (Å²) < 4.78 is 123. The van der Waals surface area contributed by atoms with Gasteiger partial charge in [0, 0.05) is 0 Å². The van der Waals surface area contributed by atoms with Crippen molar-refractivity contribution in [1.82, 2.24) is 0 Å². The molecule has 0 aliphatic carbocycles. The fourth-order valence-corrected chi connectivity index (χ4v) is 1.85. The van der Waals surface area contributed by atoms with Gasteiger partial charge >= 0.3 is 27.5 Å². The average Bonchev–Trinajstić information content (AvgIpc) is 2.22. The van der Waals surface area contributed by atoms with Crippen molar-refractivity contribution in [3.8, 4) is 0 Å². The van der Waals surface area contributed by atoms with Crippen LogP contribution in [0.1, 0.15) is 26.7 Å². The number of hydrogen-bond donors (Lipinski definition) is 1. The predicted octanol–water partition coefficient (Wildman–Crippen LogP) is 3.24. The van der Waals surface area contributed by atoms with E-state index >= 15 is 0 Å². The molecule has 0 aliphatic heterocycles. The second kappa shape index (κ2) is 6.24. The lowest BCUT2D eigenvalue weighted by Gasteiger charge is -2.33. The van der Waals surface area contributed by atoms with Gasteiger partial charge < -0.3 is 4.74 Å². The molecule has 0 saturated heterocycles. The molecule has 1 N–H and O–H groups in total. The Balaban J connectivity index is 5.73. The maximum absolute atomic E-state index is 13.3. The number of ether oxygens (including phenoxy) is 1. The zero-order valence-corrected chi connectivity index (χ0v) is 11.6. The molecule has 128 valence electrons. The first-order chi connectivity index (χ1) is 9.09. The van der Waals surface area contributed by atoms with E-state index in [1.807, 2.05) is 0 Å². The highest BCUT2D eigenvalue weighted by atomic mass is 32.2. The molecule has 0 saturated carbocycles. The van der Waals surface area contributed by atoms with Crippen molar-refractivity contribution in [3.05, 3.63) is 0 Å². The fraction of sp³-hybridized carbons (Fsp3) is 1.00. The first kappa shape index (κ1) is 20.4. The smallest absolute Gasteiger partial charge is 0.360 e. The van der Waals surface area contributed by atoms with Crippen LogP contribution in [0.5, 0.6) is 0 Å². The molecule has 0 rings (SSSR count). The molecule has 12 heteroatoms. The van der Waals surface area contributed by atoms with E-state index in [-0.39, 0.29) is 12.8 Å². The van der Waals surface area contributed by atoms with Crippen LogP contribution >= 0.6 is 0 Å². The van der Waals surface area contributed by atoms with Gasteiger partial charge in [-0.1, -0.05) is 13.3 Å². The Morgan fingerprint density at radius 3 is 1.81 bits per heavy atom. The minimum atomic E-state index is -6.78. The summed E-state index contributed by atoms with van der Waals surface area (Å²) in [7, 11) is -6.78. The molecule has 4 nitrogen and oxygen atoms in total. The standard InChI is InChI=1S/C9H13F7O4S/c1-3-4-5(2)20-6(8(12,13)14)7(10,11)9(15,16)21(17,18)19/h5-6H,3-4H2,1-2H3,(H,17,18,19). The zero-order valence-electron chi connectivity index (χ0n) is 10.8. The van der Waals surface area contributed by atoms with Gasteiger partial charge in [-0.15, -0.1) is 0 Å². The summed E-state index contributed by atoms with van der Waals surface area (Å²) >= 11 is 0. The Morgan fingerprint density at radius 1 is 1.10 bits per heavy atom. The maximum atomic E-state index is 13.3. The van der Waals surface area contributed by atoms with Crippen LogP contribution in [0.25, 0.3) is 0 Å². The number of rotatable bonds is 7. The monoisotopic (exact) mass is 350 g/mol. The maximum Gasteiger partial charge on any atom is 0.434 e. The lowest BCUT2D eigenvalue weighted by molar-refractivity contribution is -0.326. The Hall–Kier alpha value is -0.620. The van der Waals surface area contributed by atoms with Gasteiger partial charge in [-0.2, -0.15) is 39.2 Å². The Labute approximate surface area is 116 Å². The summed E-state index contributed by atoms with van der Waals surface area (Å²) in [6.07, 6.45) is -11.8. The molecule has 0 spiro atoms. The quantitative estimate of drug-likeness (QED) is 0.566. The minimum Gasteiger partial charge on any atom is -0.360 e. The van der Waals surface area contributed by atoms with Gasteiger partial charge in [0.15, 0.2) is 0 Å². The Bertz CT molecular complexity index is 446. The molecule has 0 fully saturated rings. The summed E-state index contributed by atoms with van der Waals surface area (Å²) in [6.45, 7) is 2.41. The summed E-state index contributed by atoms with van der Waals surface area (Å²) in [5.41, 5.74) is 0. The first-order valence-electron chi connectivity index (χ1n) is 5.53. The van der Waals surface area contributed by atoms with E-state index in [0.29, 0.717) is 0 Å². The van der Waals surface area contributed by atoms with E-state index in [4.69, 9.17) is 4.55 Å². The number of halogens is 7. The van der Waals surface area contributed by atoms with Crippen LogP contribution in [0.4, 0.5) is 30.7 Å². The van der Waals surface area contributed by atoms with E-state index in [1.54, 1.807) is 0 Å². The highest BCUT2D eigenvalue weighted by molar-refractivity contribution is 7.87. The molecule has 21 heavy (non-hydrogen) atoms. The van der Waals surface area contributed by atoms with E-state index in [1.165, 1.54) is 6.92 Å². The third kappa shape index (κ3) is 4.42. The molecular formula is C9H13F7O4S. The molecule has 0 bridgehead atoms. The van der Waals surface area contributed by atoms with Crippen molar-refractivity contribution in [2.45, 2.75) is 56.3 Å². The SMILES string of the molecule is CCCC(C)OC(C(F)(F)F)C(F)(F)C(F)(F)S(=O)(=O)O. The summed E-state index contributed by atoms with van der Waals surface area (Å²) in [4.78, 5) is 0. The largest absolute Gasteiger partial charge is 0.434 e. The number of alkyl halides is 7. The van der Waals surface area contributed by atoms with Crippen molar-refractivity contribution >= 4 is 10.1 Å². The van der Waals surface area contributed by atoms with Crippen LogP contribution in [0.15, 0.2) is 0 Å². The molecule has 0 aromatic rings. The van der Waals surface area contributed by atoms with Gasteiger partial charge in [-0.05, 0) is 13.3 Å². The van der Waals surface area contributed by atoms with Gasteiger partial charge in [0.2, 0.25) is 6.10 Å². The van der Waals surface area contributed by atoms with Gasteiger partial charge in [0.25, 0.3) is 0 Å².